The van der Waals surface area contributed by atoms with Crippen LogP contribution in [0.4, 0.5) is 9.52 Å². The van der Waals surface area contributed by atoms with Gasteiger partial charge in [0.05, 0.1) is 6.04 Å². The first-order valence-electron chi connectivity index (χ1n) is 9.96. The molecule has 166 valence electrons. The Morgan fingerprint density at radius 1 is 1.23 bits per heavy atom. The third kappa shape index (κ3) is 6.24. The summed E-state index contributed by atoms with van der Waals surface area (Å²) in [4.78, 5) is 15.8. The van der Waals surface area contributed by atoms with Crippen LogP contribution in [0.2, 0.25) is 0 Å². The van der Waals surface area contributed by atoms with Crippen LogP contribution in [0.1, 0.15) is 24.4 Å². The van der Waals surface area contributed by atoms with Crippen molar-refractivity contribution in [3.8, 4) is 0 Å². The third-order valence-corrected chi connectivity index (χ3v) is 5.98. The summed E-state index contributed by atoms with van der Waals surface area (Å²) < 4.78 is 17.7. The molecule has 3 rings (SSSR count). The van der Waals surface area contributed by atoms with E-state index in [-0.39, 0.29) is 35.8 Å². The van der Waals surface area contributed by atoms with Gasteiger partial charge >= 0.3 is 0 Å². The van der Waals surface area contributed by atoms with Crippen LogP contribution < -0.4 is 10.2 Å². The summed E-state index contributed by atoms with van der Waals surface area (Å²) in [5.74, 6) is 1.60. The molecule has 0 radical (unpaired) electrons. The van der Waals surface area contributed by atoms with Gasteiger partial charge in [-0.2, -0.15) is 4.37 Å². The average molecular weight is 547 g/mol. The number of likely N-dealkylation sites (N-methyl/N-ethyl adjacent to an activating group) is 1. The van der Waals surface area contributed by atoms with Crippen molar-refractivity contribution in [2.24, 2.45) is 4.99 Å². The zero-order chi connectivity index (χ0) is 20.8. The first-order valence-corrected chi connectivity index (χ1v) is 10.7. The Balaban J connectivity index is 0.00000320. The number of nitrogens with zero attached hydrogens (tertiary/aromatic N) is 6. The Hall–Kier alpha value is -1.53. The number of guanidine groups is 1. The second-order valence-corrected chi connectivity index (χ2v) is 8.01. The molecule has 1 atom stereocenters. The molecule has 0 amide bonds. The van der Waals surface area contributed by atoms with E-state index in [1.807, 2.05) is 33.3 Å². The van der Waals surface area contributed by atoms with Gasteiger partial charge in [-0.3, -0.25) is 4.99 Å². The summed E-state index contributed by atoms with van der Waals surface area (Å²) in [6, 6.07) is 6.84. The van der Waals surface area contributed by atoms with Gasteiger partial charge in [-0.15, -0.1) is 24.0 Å². The molecule has 1 aromatic heterocycles. The minimum absolute atomic E-state index is 0. The minimum atomic E-state index is -0.214. The number of anilines is 1. The molecule has 0 bridgehead atoms. The Bertz CT molecular complexity index is 804. The number of aryl methyl sites for hydroxylation is 1. The summed E-state index contributed by atoms with van der Waals surface area (Å²) in [6.45, 7) is 6.32. The molecule has 1 aliphatic rings. The zero-order valence-electron chi connectivity index (χ0n) is 18.0. The Labute approximate surface area is 199 Å². The number of aliphatic imine (C=N–C) groups is 1. The number of nitrogens with one attached hydrogen (secondary N) is 1. The van der Waals surface area contributed by atoms with E-state index in [4.69, 9.17) is 0 Å². The van der Waals surface area contributed by atoms with Crippen molar-refractivity contribution in [2.75, 3.05) is 58.8 Å². The number of hydrogen-bond acceptors (Lipinski definition) is 6. The van der Waals surface area contributed by atoms with Gasteiger partial charge in [0.1, 0.15) is 11.6 Å². The molecule has 1 aromatic carbocycles. The molecule has 0 aliphatic carbocycles. The highest BCUT2D eigenvalue weighted by molar-refractivity contribution is 14.0. The van der Waals surface area contributed by atoms with Crippen molar-refractivity contribution in [1.29, 1.82) is 0 Å². The fourth-order valence-electron chi connectivity index (χ4n) is 3.43. The first-order chi connectivity index (χ1) is 14.0. The molecule has 30 heavy (non-hydrogen) atoms. The molecule has 1 unspecified atom stereocenters. The van der Waals surface area contributed by atoms with Gasteiger partial charge in [-0.1, -0.05) is 19.1 Å². The number of piperazine rings is 1. The molecule has 0 spiro atoms. The van der Waals surface area contributed by atoms with E-state index in [0.717, 1.165) is 55.1 Å². The molecule has 2 heterocycles. The summed E-state index contributed by atoms with van der Waals surface area (Å²) in [7, 11) is 5.88. The van der Waals surface area contributed by atoms with Crippen molar-refractivity contribution in [3.05, 3.63) is 41.5 Å². The van der Waals surface area contributed by atoms with Gasteiger partial charge in [0.25, 0.3) is 0 Å². The number of halogens is 2. The van der Waals surface area contributed by atoms with E-state index in [0.29, 0.717) is 6.54 Å². The lowest BCUT2D eigenvalue weighted by Crippen LogP contribution is -2.53. The van der Waals surface area contributed by atoms with E-state index in [1.165, 1.54) is 23.7 Å². The number of hydrogen-bond donors (Lipinski definition) is 1. The van der Waals surface area contributed by atoms with Gasteiger partial charge in [0, 0.05) is 57.7 Å². The lowest BCUT2D eigenvalue weighted by atomic mass is 10.1. The van der Waals surface area contributed by atoms with Crippen molar-refractivity contribution in [1.82, 2.24) is 24.5 Å². The maximum absolute atomic E-state index is 13.3. The van der Waals surface area contributed by atoms with Crippen LogP contribution in [0.3, 0.4) is 0 Å². The zero-order valence-corrected chi connectivity index (χ0v) is 21.2. The molecule has 1 aliphatic heterocycles. The van der Waals surface area contributed by atoms with E-state index >= 15 is 0 Å². The highest BCUT2D eigenvalue weighted by Gasteiger charge is 2.23. The van der Waals surface area contributed by atoms with Gasteiger partial charge < -0.3 is 20.0 Å². The van der Waals surface area contributed by atoms with Crippen LogP contribution in [-0.4, -0.2) is 79.0 Å². The molecule has 7 nitrogen and oxygen atoms in total. The van der Waals surface area contributed by atoms with Crippen LogP contribution in [0.15, 0.2) is 29.3 Å². The molecule has 1 fully saturated rings. The van der Waals surface area contributed by atoms with Crippen molar-refractivity contribution in [2.45, 2.75) is 19.4 Å². The smallest absolute Gasteiger partial charge is 0.205 e. The molecule has 10 heteroatoms. The Kier molecular flexibility index (Phi) is 9.69. The van der Waals surface area contributed by atoms with Crippen LogP contribution in [0.25, 0.3) is 0 Å². The molecule has 1 N–H and O–H groups in total. The van der Waals surface area contributed by atoms with E-state index in [9.17, 15) is 4.39 Å². The van der Waals surface area contributed by atoms with Crippen LogP contribution in [0.5, 0.6) is 0 Å². The largest absolute Gasteiger partial charge is 0.354 e. The highest BCUT2D eigenvalue weighted by atomic mass is 127. The molecular formula is C20H31FIN7S. The average Bonchev–Trinajstić information content (AvgIpc) is 3.22. The first kappa shape index (κ1) is 24.7. The van der Waals surface area contributed by atoms with Gasteiger partial charge in [0.15, 0.2) is 5.96 Å². The molecule has 1 saturated heterocycles. The topological polar surface area (TPSA) is 59.9 Å². The number of rotatable bonds is 6. The maximum atomic E-state index is 13.3. The maximum Gasteiger partial charge on any atom is 0.205 e. The van der Waals surface area contributed by atoms with E-state index < -0.39 is 0 Å². The fraction of sp³-hybridized carbons (Fsp3) is 0.550. The minimum Gasteiger partial charge on any atom is -0.354 e. The second kappa shape index (κ2) is 11.8. The second-order valence-electron chi connectivity index (χ2n) is 7.28. The fourth-order valence-corrected chi connectivity index (χ4v) is 4.23. The van der Waals surface area contributed by atoms with Gasteiger partial charge in [-0.25, -0.2) is 9.37 Å². The van der Waals surface area contributed by atoms with Crippen LogP contribution in [-0.2, 0) is 6.42 Å². The normalized spacial score (nSPS) is 15.9. The van der Waals surface area contributed by atoms with Crippen LogP contribution in [0, 0.1) is 5.82 Å². The number of aromatic nitrogens is 2. The third-order valence-electron chi connectivity index (χ3n) is 5.17. The summed E-state index contributed by atoms with van der Waals surface area (Å²) in [5, 5.41) is 4.51. The summed E-state index contributed by atoms with van der Waals surface area (Å²) >= 11 is 1.48. The predicted octanol–water partition coefficient (Wildman–Crippen LogP) is 2.86. The highest BCUT2D eigenvalue weighted by Crippen LogP contribution is 2.20. The SMILES string of the molecule is CCc1nsc(N2CCN(C(=NC)NCC(c3ccc(F)cc3)N(C)C)CC2)n1.I. The molecule has 0 saturated carbocycles. The quantitative estimate of drug-likeness (QED) is 0.341. The monoisotopic (exact) mass is 547 g/mol. The lowest BCUT2D eigenvalue weighted by molar-refractivity contribution is 0.292. The van der Waals surface area contributed by atoms with Gasteiger partial charge in [-0.05, 0) is 31.8 Å². The van der Waals surface area contributed by atoms with Crippen molar-refractivity contribution < 1.29 is 4.39 Å². The van der Waals surface area contributed by atoms with Crippen molar-refractivity contribution >= 4 is 46.6 Å². The van der Waals surface area contributed by atoms with Crippen LogP contribution >= 0.6 is 35.5 Å². The standard InChI is InChI=1S/C20H30FN7S.HI/c1-5-18-24-20(29-25-18)28-12-10-27(11-13-28)19(22-2)23-14-17(26(3)4)15-6-8-16(21)9-7-15;/h6-9,17H,5,10-14H2,1-4H3,(H,22,23);1H. The van der Waals surface area contributed by atoms with E-state index in [1.54, 1.807) is 0 Å². The van der Waals surface area contributed by atoms with E-state index in [2.05, 4.69) is 41.3 Å². The molecular weight excluding hydrogens is 516 g/mol. The Morgan fingerprint density at radius 3 is 2.43 bits per heavy atom. The number of benzene rings is 1. The summed E-state index contributed by atoms with van der Waals surface area (Å²) in [6.07, 6.45) is 0.869. The van der Waals surface area contributed by atoms with Crippen molar-refractivity contribution in [3.63, 3.8) is 0 Å². The van der Waals surface area contributed by atoms with Gasteiger partial charge in [0.2, 0.25) is 5.13 Å². The Morgan fingerprint density at radius 2 is 1.90 bits per heavy atom. The summed E-state index contributed by atoms with van der Waals surface area (Å²) in [5.41, 5.74) is 1.08. The lowest BCUT2D eigenvalue weighted by Gasteiger charge is -2.37. The predicted molar refractivity (Wildman–Crippen MR) is 133 cm³/mol. The molecule has 2 aromatic rings.